The second-order valence-electron chi connectivity index (χ2n) is 26.4. The molecule has 8 nitrogen and oxygen atoms in total. The van der Waals surface area contributed by atoms with Crippen molar-refractivity contribution in [1.29, 1.82) is 0 Å². The number of para-hydroxylation sites is 8. The molecule has 0 bridgehead atoms. The van der Waals surface area contributed by atoms with Crippen LogP contribution in [-0.2, 0) is 0 Å². The van der Waals surface area contributed by atoms with Gasteiger partial charge in [-0.25, -0.2) is 19.9 Å². The summed E-state index contributed by atoms with van der Waals surface area (Å²) < 4.78 is 9.66. The zero-order valence-corrected chi connectivity index (χ0v) is 53.8. The molecule has 0 atom stereocenters. The molecule has 23 aromatic rings. The molecule has 8 aromatic heterocycles. The van der Waals surface area contributed by atoms with E-state index in [4.69, 9.17) is 19.9 Å². The zero-order valence-electron chi connectivity index (χ0n) is 53.8. The summed E-state index contributed by atoms with van der Waals surface area (Å²) >= 11 is 0. The van der Waals surface area contributed by atoms with E-state index < -0.39 is 0 Å². The van der Waals surface area contributed by atoms with E-state index in [0.29, 0.717) is 0 Å². The number of fused-ring (bicyclic) bond motifs is 15. The maximum absolute atomic E-state index is 5.44. The number of benzene rings is 15. The molecule has 0 spiro atoms. The van der Waals surface area contributed by atoms with Gasteiger partial charge in [0.15, 0.2) is 11.6 Å². The molecule has 0 saturated heterocycles. The average molecular weight is 1270 g/mol. The molecule has 462 valence electrons. The van der Waals surface area contributed by atoms with Crippen LogP contribution >= 0.6 is 0 Å². The van der Waals surface area contributed by atoms with Crippen molar-refractivity contribution in [2.45, 2.75) is 0 Å². The quantitative estimate of drug-likeness (QED) is 0.166. The minimum atomic E-state index is 0.824. The Kier molecular flexibility index (Phi) is 11.5. The zero-order chi connectivity index (χ0) is 65.3. The summed E-state index contributed by atoms with van der Waals surface area (Å²) in [7, 11) is 0. The van der Waals surface area contributed by atoms with Crippen molar-refractivity contribution >= 4 is 153 Å². The van der Waals surface area contributed by atoms with Gasteiger partial charge in [0.1, 0.15) is 11.4 Å². The topological polar surface area (TPSA) is 70.2 Å². The maximum Gasteiger partial charge on any atom is 0.165 e. The van der Waals surface area contributed by atoms with Crippen LogP contribution in [0.2, 0.25) is 0 Å². The highest BCUT2D eigenvalue weighted by molar-refractivity contribution is 6.35. The molecule has 15 aromatic carbocycles. The molecule has 8 heterocycles. The van der Waals surface area contributed by atoms with Gasteiger partial charge in [-0.15, -0.1) is 0 Å². The van der Waals surface area contributed by atoms with E-state index in [2.05, 4.69) is 321 Å². The van der Waals surface area contributed by atoms with Crippen molar-refractivity contribution in [3.05, 3.63) is 328 Å². The Morgan fingerprint density at radius 2 is 0.520 bits per heavy atom. The fourth-order valence-corrected chi connectivity index (χ4v) is 16.7. The number of aromatic nitrogens is 8. The number of hydrogen-bond acceptors (Lipinski definition) is 4. The fourth-order valence-electron chi connectivity index (χ4n) is 16.7. The van der Waals surface area contributed by atoms with Gasteiger partial charge in [-0.1, -0.05) is 249 Å². The molecular formula is C92H54N8. The van der Waals surface area contributed by atoms with Gasteiger partial charge in [-0.05, 0) is 123 Å². The Labute approximate surface area is 571 Å². The van der Waals surface area contributed by atoms with E-state index in [9.17, 15) is 0 Å². The Morgan fingerprint density at radius 1 is 0.190 bits per heavy atom. The van der Waals surface area contributed by atoms with E-state index in [0.717, 1.165) is 78.3 Å². The van der Waals surface area contributed by atoms with Crippen molar-refractivity contribution in [3.8, 4) is 56.4 Å². The standard InChI is InChI=1S/C48H28N4.C44H26N4/c1-2-11-32-28-33(25-22-29(32)10-1)30-20-23-31(24-21-30)46-48(50-39-16-6-5-15-38(39)49-46)52-42-19-9-14-36-34-12-3-7-17-40(34)51-41-18-8-4-13-35(41)37-26-27-43(52)45(44(36)42)47(37)51;1-2-11-27(12-3-1)28-21-23-29(24-22-28)42-44(46-35-17-7-6-16-34(35)45-42)48-38-20-10-15-32-30-13-4-8-18-36(30)47-37-19-9-5-14-31(37)33-25-26-39(48)41(40(32)38)43(33)47/h1-28H;1-26H. The smallest absolute Gasteiger partial charge is 0.165 e. The van der Waals surface area contributed by atoms with Gasteiger partial charge in [-0.3, -0.25) is 9.13 Å². The molecule has 0 unspecified atom stereocenters. The summed E-state index contributed by atoms with van der Waals surface area (Å²) in [4.78, 5) is 21.5. The molecule has 0 radical (unpaired) electrons. The van der Waals surface area contributed by atoms with Crippen LogP contribution in [0.15, 0.2) is 328 Å². The highest BCUT2D eigenvalue weighted by Crippen LogP contribution is 2.49. The summed E-state index contributed by atoms with van der Waals surface area (Å²) in [5, 5.41) is 17.4. The molecule has 23 rings (SSSR count). The van der Waals surface area contributed by atoms with E-state index in [-0.39, 0.29) is 0 Å². The summed E-state index contributed by atoms with van der Waals surface area (Å²) in [6.07, 6.45) is 0. The lowest BCUT2D eigenvalue weighted by molar-refractivity contribution is 1.08. The largest absolute Gasteiger partial charge is 0.308 e. The Bertz CT molecular complexity index is 7320. The lowest BCUT2D eigenvalue weighted by Crippen LogP contribution is -2.03. The molecule has 0 saturated carbocycles. The highest BCUT2D eigenvalue weighted by Gasteiger charge is 2.28. The molecule has 0 N–H and O–H groups in total. The van der Waals surface area contributed by atoms with Crippen LogP contribution in [0.4, 0.5) is 0 Å². The van der Waals surface area contributed by atoms with Gasteiger partial charge in [-0.2, -0.15) is 0 Å². The van der Waals surface area contributed by atoms with Gasteiger partial charge in [0.25, 0.3) is 0 Å². The predicted molar refractivity (Wildman–Crippen MR) is 416 cm³/mol. The highest BCUT2D eigenvalue weighted by atomic mass is 15.1. The number of rotatable bonds is 6. The Balaban J connectivity index is 0.000000128. The van der Waals surface area contributed by atoms with Crippen molar-refractivity contribution in [1.82, 2.24) is 37.9 Å². The molecule has 0 aliphatic heterocycles. The van der Waals surface area contributed by atoms with Gasteiger partial charge < -0.3 is 8.80 Å². The average Bonchev–Trinajstić information content (AvgIpc) is 1.53. The van der Waals surface area contributed by atoms with Crippen molar-refractivity contribution in [2.24, 2.45) is 0 Å². The van der Waals surface area contributed by atoms with Crippen LogP contribution in [0, 0.1) is 0 Å². The van der Waals surface area contributed by atoms with Gasteiger partial charge >= 0.3 is 0 Å². The van der Waals surface area contributed by atoms with Gasteiger partial charge in [0.05, 0.1) is 77.2 Å². The molecular weight excluding hydrogens is 1220 g/mol. The third kappa shape index (κ3) is 7.81. The van der Waals surface area contributed by atoms with Crippen LogP contribution in [-0.4, -0.2) is 37.9 Å². The number of hydrogen-bond donors (Lipinski definition) is 0. The molecule has 0 aliphatic rings. The van der Waals surface area contributed by atoms with E-state index in [1.54, 1.807) is 0 Å². The minimum Gasteiger partial charge on any atom is -0.308 e. The SMILES string of the molecule is c1ccc(-c2ccc(-c3nc4ccccc4nc3-n3c4cccc5c6ccccc6n6c7ccccc7c7ccc3c(c54)c76)cc2)cc1.c1ccc2cc(-c3ccc(-c4nc5ccccc5nc4-n4c5cccc6c7ccccc7n7c8ccccc8c8ccc4c(c65)c87)cc3)ccc2c1. The summed E-state index contributed by atoms with van der Waals surface area (Å²) in [5.41, 5.74) is 23.8. The van der Waals surface area contributed by atoms with Crippen LogP contribution in [0.25, 0.3) is 209 Å². The van der Waals surface area contributed by atoms with Crippen LogP contribution in [0.5, 0.6) is 0 Å². The lowest BCUT2D eigenvalue weighted by atomic mass is 9.99. The first kappa shape index (κ1) is 54.7. The van der Waals surface area contributed by atoms with E-state index >= 15 is 0 Å². The second kappa shape index (κ2) is 21.0. The third-order valence-corrected chi connectivity index (χ3v) is 21.1. The monoisotopic (exact) mass is 1270 g/mol. The maximum atomic E-state index is 5.44. The first-order chi connectivity index (χ1) is 49.6. The van der Waals surface area contributed by atoms with Gasteiger partial charge in [0.2, 0.25) is 0 Å². The first-order valence-corrected chi connectivity index (χ1v) is 34.1. The molecule has 0 amide bonds. The lowest BCUT2D eigenvalue weighted by Gasteiger charge is -2.14. The Morgan fingerprint density at radius 3 is 0.990 bits per heavy atom. The van der Waals surface area contributed by atoms with Crippen molar-refractivity contribution in [2.75, 3.05) is 0 Å². The van der Waals surface area contributed by atoms with Crippen LogP contribution in [0.3, 0.4) is 0 Å². The molecule has 0 aliphatic carbocycles. The van der Waals surface area contributed by atoms with Crippen LogP contribution in [0.1, 0.15) is 0 Å². The Hall–Kier alpha value is -13.6. The minimum absolute atomic E-state index is 0.824. The van der Waals surface area contributed by atoms with E-state index in [1.807, 2.05) is 24.3 Å². The van der Waals surface area contributed by atoms with Crippen LogP contribution < -0.4 is 0 Å². The van der Waals surface area contributed by atoms with E-state index in [1.165, 1.54) is 131 Å². The van der Waals surface area contributed by atoms with Crippen molar-refractivity contribution in [3.63, 3.8) is 0 Å². The molecule has 100 heavy (non-hydrogen) atoms. The van der Waals surface area contributed by atoms with Crippen molar-refractivity contribution < 1.29 is 0 Å². The number of nitrogens with zero attached hydrogens (tertiary/aromatic N) is 8. The fraction of sp³-hybridized carbons (Fsp3) is 0. The normalized spacial score (nSPS) is 12.2. The first-order valence-electron chi connectivity index (χ1n) is 34.1. The third-order valence-electron chi connectivity index (χ3n) is 21.1. The summed E-state index contributed by atoms with van der Waals surface area (Å²) in [6.45, 7) is 0. The van der Waals surface area contributed by atoms with Gasteiger partial charge in [0, 0.05) is 65.0 Å². The summed E-state index contributed by atoms with van der Waals surface area (Å²) in [5.74, 6) is 1.65. The molecule has 0 fully saturated rings. The molecule has 8 heteroatoms. The second-order valence-corrected chi connectivity index (χ2v) is 26.4. The predicted octanol–water partition coefficient (Wildman–Crippen LogP) is 23.6. The summed E-state index contributed by atoms with van der Waals surface area (Å²) in [6, 6.07) is 117.